The fourth-order valence-electron chi connectivity index (χ4n) is 2.49. The molecule has 0 aromatic carbocycles. The molecule has 0 aromatic rings. The van der Waals surface area contributed by atoms with Gasteiger partial charge in [0.15, 0.2) is 0 Å². The Bertz CT molecular complexity index is 222. The molecule has 0 heterocycles. The van der Waals surface area contributed by atoms with E-state index in [1.54, 1.807) is 0 Å². The van der Waals surface area contributed by atoms with E-state index in [1.165, 1.54) is 6.42 Å². The molecule has 0 saturated heterocycles. The van der Waals surface area contributed by atoms with Crippen molar-refractivity contribution in [2.24, 2.45) is 17.8 Å². The summed E-state index contributed by atoms with van der Waals surface area (Å²) >= 11 is 0. The Labute approximate surface area is 90.0 Å². The largest absolute Gasteiger partial charge is 0.394 e. The van der Waals surface area contributed by atoms with Gasteiger partial charge in [0.05, 0.1) is 19.8 Å². The van der Waals surface area contributed by atoms with Gasteiger partial charge in [0.1, 0.15) is 0 Å². The number of amides is 1. The molecule has 4 heteroatoms. The number of aliphatic hydroxyl groups excluding tert-OH is 1. The lowest BCUT2D eigenvalue weighted by Gasteiger charge is -2.12. The van der Waals surface area contributed by atoms with Gasteiger partial charge in [0.2, 0.25) is 5.91 Å². The lowest BCUT2D eigenvalue weighted by molar-refractivity contribution is -0.125. The molecule has 2 atom stereocenters. The summed E-state index contributed by atoms with van der Waals surface area (Å²) < 4.78 is 5.06. The molecular formula is C11H19NO3. The van der Waals surface area contributed by atoms with Crippen LogP contribution in [0.1, 0.15) is 19.3 Å². The quantitative estimate of drug-likeness (QED) is 0.618. The van der Waals surface area contributed by atoms with Crippen molar-refractivity contribution >= 4 is 5.91 Å². The van der Waals surface area contributed by atoms with E-state index in [0.717, 1.165) is 24.7 Å². The van der Waals surface area contributed by atoms with Crippen LogP contribution < -0.4 is 5.32 Å². The van der Waals surface area contributed by atoms with Crippen LogP contribution in [0.3, 0.4) is 0 Å². The smallest absolute Gasteiger partial charge is 0.223 e. The predicted octanol–water partition coefficient (Wildman–Crippen LogP) is 0.158. The van der Waals surface area contributed by atoms with E-state index in [4.69, 9.17) is 9.84 Å². The van der Waals surface area contributed by atoms with Crippen LogP contribution in [-0.2, 0) is 9.53 Å². The highest BCUT2D eigenvalue weighted by atomic mass is 16.5. The van der Waals surface area contributed by atoms with Crippen LogP contribution in [0.2, 0.25) is 0 Å². The first-order valence-corrected chi connectivity index (χ1v) is 5.77. The highest BCUT2D eigenvalue weighted by molar-refractivity contribution is 5.79. The summed E-state index contributed by atoms with van der Waals surface area (Å²) in [5.74, 6) is 2.15. The number of fused-ring (bicyclic) bond motifs is 1. The van der Waals surface area contributed by atoms with Crippen LogP contribution in [-0.4, -0.2) is 37.4 Å². The minimum Gasteiger partial charge on any atom is -0.394 e. The number of rotatable bonds is 6. The molecule has 1 amide bonds. The summed E-state index contributed by atoms with van der Waals surface area (Å²) in [4.78, 5) is 11.6. The number of hydrogen-bond acceptors (Lipinski definition) is 3. The zero-order valence-corrected chi connectivity index (χ0v) is 8.95. The number of aliphatic hydroxyl groups is 1. The molecule has 86 valence electrons. The standard InChI is InChI=1S/C11H19NO3/c13-2-4-15-3-1-12-11(14)10-6-8-5-9(8)7-10/h8-10,13H,1-7H2,(H,12,14). The fraction of sp³-hybridized carbons (Fsp3) is 0.909. The van der Waals surface area contributed by atoms with E-state index < -0.39 is 0 Å². The Hall–Kier alpha value is -0.610. The SMILES string of the molecule is O=C(NCCOCCO)C1CC2CC2C1. The molecule has 0 spiro atoms. The molecule has 0 bridgehead atoms. The number of hydrogen-bond donors (Lipinski definition) is 2. The fourth-order valence-corrected chi connectivity index (χ4v) is 2.49. The van der Waals surface area contributed by atoms with E-state index in [0.29, 0.717) is 19.8 Å². The van der Waals surface area contributed by atoms with Crippen molar-refractivity contribution in [1.29, 1.82) is 0 Å². The molecule has 2 aliphatic rings. The first-order chi connectivity index (χ1) is 7.31. The van der Waals surface area contributed by atoms with Gasteiger partial charge in [-0.3, -0.25) is 4.79 Å². The average molecular weight is 213 g/mol. The molecule has 2 unspecified atom stereocenters. The highest BCUT2D eigenvalue weighted by Gasteiger charge is 2.47. The summed E-state index contributed by atoms with van der Waals surface area (Å²) in [6, 6.07) is 0. The van der Waals surface area contributed by atoms with Gasteiger partial charge in [-0.25, -0.2) is 0 Å². The Balaban J connectivity index is 1.53. The Morgan fingerprint density at radius 2 is 2.00 bits per heavy atom. The van der Waals surface area contributed by atoms with Crippen molar-refractivity contribution < 1.29 is 14.6 Å². The molecule has 0 aromatic heterocycles. The molecular weight excluding hydrogens is 194 g/mol. The number of ether oxygens (including phenoxy) is 1. The first kappa shape index (κ1) is 10.9. The second kappa shape index (κ2) is 4.94. The van der Waals surface area contributed by atoms with E-state index in [2.05, 4.69) is 5.32 Å². The van der Waals surface area contributed by atoms with Crippen LogP contribution in [0, 0.1) is 17.8 Å². The lowest BCUT2D eigenvalue weighted by atomic mass is 10.0. The minimum atomic E-state index is 0.0416. The number of carbonyl (C=O) groups excluding carboxylic acids is 1. The third-order valence-electron chi connectivity index (χ3n) is 3.40. The van der Waals surface area contributed by atoms with Crippen LogP contribution in [0.5, 0.6) is 0 Å². The van der Waals surface area contributed by atoms with E-state index in [1.807, 2.05) is 0 Å². The molecule has 0 radical (unpaired) electrons. The van der Waals surface area contributed by atoms with E-state index in [9.17, 15) is 4.79 Å². The van der Waals surface area contributed by atoms with Gasteiger partial charge in [-0.15, -0.1) is 0 Å². The zero-order valence-electron chi connectivity index (χ0n) is 8.95. The van der Waals surface area contributed by atoms with Crippen LogP contribution >= 0.6 is 0 Å². The third kappa shape index (κ3) is 2.92. The summed E-state index contributed by atoms with van der Waals surface area (Å²) in [6.07, 6.45) is 3.53. The molecule has 2 saturated carbocycles. The van der Waals surface area contributed by atoms with Crippen molar-refractivity contribution in [2.75, 3.05) is 26.4 Å². The Kier molecular flexibility index (Phi) is 3.59. The summed E-state index contributed by atoms with van der Waals surface area (Å²) in [6.45, 7) is 1.44. The minimum absolute atomic E-state index is 0.0416. The van der Waals surface area contributed by atoms with Gasteiger partial charge >= 0.3 is 0 Å². The molecule has 2 aliphatic carbocycles. The summed E-state index contributed by atoms with van der Waals surface area (Å²) in [5.41, 5.74) is 0. The van der Waals surface area contributed by atoms with Crippen molar-refractivity contribution in [3.05, 3.63) is 0 Å². The van der Waals surface area contributed by atoms with Gasteiger partial charge in [-0.1, -0.05) is 0 Å². The average Bonchev–Trinajstić information content (AvgIpc) is 2.85. The van der Waals surface area contributed by atoms with Crippen LogP contribution in [0.4, 0.5) is 0 Å². The van der Waals surface area contributed by atoms with Crippen molar-refractivity contribution in [2.45, 2.75) is 19.3 Å². The summed E-state index contributed by atoms with van der Waals surface area (Å²) in [5, 5.41) is 11.3. The maximum atomic E-state index is 11.6. The molecule has 2 rings (SSSR count). The van der Waals surface area contributed by atoms with Crippen molar-refractivity contribution in [3.63, 3.8) is 0 Å². The van der Waals surface area contributed by atoms with Crippen LogP contribution in [0.25, 0.3) is 0 Å². The highest BCUT2D eigenvalue weighted by Crippen LogP contribution is 2.54. The Morgan fingerprint density at radius 1 is 1.27 bits per heavy atom. The maximum absolute atomic E-state index is 11.6. The van der Waals surface area contributed by atoms with Gasteiger partial charge in [-0.2, -0.15) is 0 Å². The molecule has 0 aliphatic heterocycles. The second-order valence-electron chi connectivity index (χ2n) is 4.55. The topological polar surface area (TPSA) is 58.6 Å². The third-order valence-corrected chi connectivity index (χ3v) is 3.40. The van der Waals surface area contributed by atoms with Crippen LogP contribution in [0.15, 0.2) is 0 Å². The summed E-state index contributed by atoms with van der Waals surface area (Å²) in [7, 11) is 0. The zero-order chi connectivity index (χ0) is 10.7. The second-order valence-corrected chi connectivity index (χ2v) is 4.55. The maximum Gasteiger partial charge on any atom is 0.223 e. The molecule has 15 heavy (non-hydrogen) atoms. The van der Waals surface area contributed by atoms with Gasteiger partial charge in [0.25, 0.3) is 0 Å². The van der Waals surface area contributed by atoms with E-state index >= 15 is 0 Å². The van der Waals surface area contributed by atoms with Crippen molar-refractivity contribution in [1.82, 2.24) is 5.32 Å². The molecule has 2 N–H and O–H groups in total. The van der Waals surface area contributed by atoms with E-state index in [-0.39, 0.29) is 18.4 Å². The van der Waals surface area contributed by atoms with Crippen molar-refractivity contribution in [3.8, 4) is 0 Å². The Morgan fingerprint density at radius 3 is 2.67 bits per heavy atom. The normalized spacial score (nSPS) is 32.5. The predicted molar refractivity (Wildman–Crippen MR) is 55.2 cm³/mol. The molecule has 4 nitrogen and oxygen atoms in total. The van der Waals surface area contributed by atoms with Gasteiger partial charge < -0.3 is 15.2 Å². The molecule has 2 fully saturated rings. The number of carbonyl (C=O) groups is 1. The van der Waals surface area contributed by atoms with Gasteiger partial charge in [-0.05, 0) is 31.1 Å². The lowest BCUT2D eigenvalue weighted by Crippen LogP contribution is -2.32. The van der Waals surface area contributed by atoms with Gasteiger partial charge in [0, 0.05) is 12.5 Å². The first-order valence-electron chi connectivity index (χ1n) is 5.77. The monoisotopic (exact) mass is 213 g/mol. The number of nitrogens with one attached hydrogen (secondary N) is 1.